The molecule has 0 spiro atoms. The highest BCUT2D eigenvalue weighted by atomic mass is 19.3. The van der Waals surface area contributed by atoms with Gasteiger partial charge in [0.1, 0.15) is 18.0 Å². The van der Waals surface area contributed by atoms with Crippen LogP contribution in [0.5, 0.6) is 5.75 Å². The SMILES string of the molecule is COc1cc(C)c(Cc2ccc3c(c2)CC3)cc1C1CC(O)C(F)(F)C(CO)O1. The van der Waals surface area contributed by atoms with Gasteiger partial charge in [0.05, 0.1) is 19.8 Å². The highest BCUT2D eigenvalue weighted by Crippen LogP contribution is 2.43. The van der Waals surface area contributed by atoms with Gasteiger partial charge < -0.3 is 19.7 Å². The van der Waals surface area contributed by atoms with E-state index >= 15 is 0 Å². The van der Waals surface area contributed by atoms with Crippen molar-refractivity contribution in [1.29, 1.82) is 0 Å². The molecule has 156 valence electrons. The lowest BCUT2D eigenvalue weighted by atomic mass is 9.85. The van der Waals surface area contributed by atoms with Crippen molar-refractivity contribution in [1.82, 2.24) is 0 Å². The minimum absolute atomic E-state index is 0.263. The fourth-order valence-electron chi connectivity index (χ4n) is 4.23. The summed E-state index contributed by atoms with van der Waals surface area (Å²) in [7, 11) is 1.52. The Labute approximate surface area is 169 Å². The van der Waals surface area contributed by atoms with Crippen LogP contribution in [0.2, 0.25) is 0 Å². The number of ether oxygens (including phenoxy) is 2. The van der Waals surface area contributed by atoms with Crippen LogP contribution in [0.1, 0.15) is 45.9 Å². The first-order valence-electron chi connectivity index (χ1n) is 9.93. The molecule has 0 amide bonds. The van der Waals surface area contributed by atoms with Crippen molar-refractivity contribution in [2.45, 2.75) is 56.8 Å². The van der Waals surface area contributed by atoms with Gasteiger partial charge in [-0.15, -0.1) is 0 Å². The summed E-state index contributed by atoms with van der Waals surface area (Å²) in [5.74, 6) is -2.96. The third kappa shape index (κ3) is 3.65. The maximum absolute atomic E-state index is 14.1. The van der Waals surface area contributed by atoms with Gasteiger partial charge in [0.25, 0.3) is 0 Å². The quantitative estimate of drug-likeness (QED) is 0.801. The topological polar surface area (TPSA) is 58.9 Å². The van der Waals surface area contributed by atoms with Crippen molar-refractivity contribution >= 4 is 0 Å². The predicted molar refractivity (Wildman–Crippen MR) is 105 cm³/mol. The van der Waals surface area contributed by atoms with Crippen LogP contribution in [0.25, 0.3) is 0 Å². The van der Waals surface area contributed by atoms with Gasteiger partial charge in [-0.1, -0.05) is 18.2 Å². The van der Waals surface area contributed by atoms with Crippen LogP contribution < -0.4 is 4.74 Å². The first-order valence-corrected chi connectivity index (χ1v) is 9.93. The van der Waals surface area contributed by atoms with E-state index in [1.807, 2.05) is 19.1 Å². The average Bonchev–Trinajstić information content (AvgIpc) is 2.67. The third-order valence-electron chi connectivity index (χ3n) is 6.17. The van der Waals surface area contributed by atoms with Gasteiger partial charge in [0.15, 0.2) is 0 Å². The molecule has 1 saturated heterocycles. The molecule has 4 nitrogen and oxygen atoms in total. The molecule has 0 bridgehead atoms. The van der Waals surface area contributed by atoms with Crippen molar-refractivity contribution < 1.29 is 28.5 Å². The van der Waals surface area contributed by atoms with Gasteiger partial charge in [-0.2, -0.15) is 0 Å². The Bertz CT molecular complexity index is 912. The molecule has 1 aliphatic heterocycles. The Morgan fingerprint density at radius 1 is 1.17 bits per heavy atom. The van der Waals surface area contributed by atoms with Crippen molar-refractivity contribution in [3.63, 3.8) is 0 Å². The van der Waals surface area contributed by atoms with Crippen LogP contribution in [0.3, 0.4) is 0 Å². The minimum atomic E-state index is -3.49. The zero-order valence-corrected chi connectivity index (χ0v) is 16.6. The second-order valence-electron chi connectivity index (χ2n) is 8.02. The number of methoxy groups -OCH3 is 1. The van der Waals surface area contributed by atoms with Crippen molar-refractivity contribution in [3.8, 4) is 5.75 Å². The van der Waals surface area contributed by atoms with E-state index < -0.39 is 30.8 Å². The molecule has 2 aromatic rings. The van der Waals surface area contributed by atoms with Crippen LogP contribution in [0, 0.1) is 6.92 Å². The summed E-state index contributed by atoms with van der Waals surface area (Å²) >= 11 is 0. The number of halogens is 2. The van der Waals surface area contributed by atoms with E-state index in [1.54, 1.807) is 0 Å². The molecule has 2 N–H and O–H groups in total. The van der Waals surface area contributed by atoms with E-state index in [-0.39, 0.29) is 6.42 Å². The van der Waals surface area contributed by atoms with E-state index in [0.717, 1.165) is 24.0 Å². The molecule has 1 aliphatic carbocycles. The van der Waals surface area contributed by atoms with E-state index in [0.29, 0.717) is 17.7 Å². The Hall–Kier alpha value is -2.02. The summed E-state index contributed by atoms with van der Waals surface area (Å²) < 4.78 is 39.1. The van der Waals surface area contributed by atoms with E-state index in [4.69, 9.17) is 9.47 Å². The molecule has 0 saturated carbocycles. The lowest BCUT2D eigenvalue weighted by Gasteiger charge is -2.39. The fourth-order valence-corrected chi connectivity index (χ4v) is 4.23. The van der Waals surface area contributed by atoms with Crippen LogP contribution in [-0.4, -0.2) is 42.1 Å². The van der Waals surface area contributed by atoms with Crippen LogP contribution in [0.4, 0.5) is 8.78 Å². The fraction of sp³-hybridized carbons (Fsp3) is 0.478. The average molecular weight is 404 g/mol. The highest BCUT2D eigenvalue weighted by Gasteiger charge is 2.53. The summed E-state index contributed by atoms with van der Waals surface area (Å²) in [4.78, 5) is 0. The number of benzene rings is 2. The molecule has 3 unspecified atom stereocenters. The molecular weight excluding hydrogens is 378 g/mol. The van der Waals surface area contributed by atoms with Gasteiger partial charge >= 0.3 is 5.92 Å². The predicted octanol–water partition coefficient (Wildman–Crippen LogP) is 3.51. The molecule has 29 heavy (non-hydrogen) atoms. The zero-order valence-electron chi connectivity index (χ0n) is 16.6. The monoisotopic (exact) mass is 404 g/mol. The van der Waals surface area contributed by atoms with Gasteiger partial charge in [-0.05, 0) is 66.1 Å². The third-order valence-corrected chi connectivity index (χ3v) is 6.17. The van der Waals surface area contributed by atoms with E-state index in [2.05, 4.69) is 18.2 Å². The Morgan fingerprint density at radius 2 is 1.93 bits per heavy atom. The van der Waals surface area contributed by atoms with Crippen molar-refractivity contribution in [3.05, 3.63) is 63.7 Å². The molecule has 6 heteroatoms. The molecular formula is C23H26F2O4. The number of aryl methyl sites for hydroxylation is 3. The van der Waals surface area contributed by atoms with Crippen LogP contribution in [-0.2, 0) is 24.0 Å². The summed E-state index contributed by atoms with van der Waals surface area (Å²) in [6, 6.07) is 10.3. The lowest BCUT2D eigenvalue weighted by Crippen LogP contribution is -2.53. The largest absolute Gasteiger partial charge is 0.496 e. The van der Waals surface area contributed by atoms with Gasteiger partial charge in [-0.25, -0.2) is 8.78 Å². The van der Waals surface area contributed by atoms with Gasteiger partial charge in [-0.3, -0.25) is 0 Å². The Balaban J connectivity index is 1.65. The van der Waals surface area contributed by atoms with Crippen LogP contribution >= 0.6 is 0 Å². The zero-order chi connectivity index (χ0) is 20.8. The minimum Gasteiger partial charge on any atom is -0.496 e. The molecule has 0 radical (unpaired) electrons. The summed E-state index contributed by atoms with van der Waals surface area (Å²) in [5.41, 5.74) is 6.70. The molecule has 1 fully saturated rings. The van der Waals surface area contributed by atoms with Crippen molar-refractivity contribution in [2.24, 2.45) is 0 Å². The number of aliphatic hydroxyl groups is 2. The van der Waals surface area contributed by atoms with Gasteiger partial charge in [0.2, 0.25) is 0 Å². The highest BCUT2D eigenvalue weighted by molar-refractivity contribution is 5.47. The second-order valence-corrected chi connectivity index (χ2v) is 8.02. The van der Waals surface area contributed by atoms with E-state index in [1.165, 1.54) is 23.8 Å². The second kappa shape index (κ2) is 7.67. The summed E-state index contributed by atoms with van der Waals surface area (Å²) in [5, 5.41) is 19.3. The number of fused-ring (bicyclic) bond motifs is 1. The normalized spacial score (nSPS) is 25.2. The van der Waals surface area contributed by atoms with Crippen LogP contribution in [0.15, 0.2) is 30.3 Å². The number of hydrogen-bond acceptors (Lipinski definition) is 4. The van der Waals surface area contributed by atoms with Gasteiger partial charge in [0, 0.05) is 12.0 Å². The standard InChI is InChI=1S/C23H26F2O4/c1-13-7-19(28-2)18(20-11-21(27)23(24,25)22(12-26)29-20)10-17(13)9-14-3-4-15-5-6-16(15)8-14/h3-4,7-8,10,20-22,26-27H,5-6,9,11-12H2,1-2H3. The summed E-state index contributed by atoms with van der Waals surface area (Å²) in [6.45, 7) is 1.13. The lowest BCUT2D eigenvalue weighted by molar-refractivity contribution is -0.259. The molecule has 0 aromatic heterocycles. The Morgan fingerprint density at radius 3 is 2.55 bits per heavy atom. The van der Waals surface area contributed by atoms with E-state index in [9.17, 15) is 19.0 Å². The maximum Gasteiger partial charge on any atom is 0.301 e. The Kier molecular flexibility index (Phi) is 5.36. The molecule has 1 heterocycles. The molecule has 2 aromatic carbocycles. The summed E-state index contributed by atoms with van der Waals surface area (Å²) in [6.07, 6.45) is -1.72. The number of hydrogen-bond donors (Lipinski definition) is 2. The first kappa shape index (κ1) is 20.3. The van der Waals surface area contributed by atoms with Crippen molar-refractivity contribution in [2.75, 3.05) is 13.7 Å². The molecule has 2 aliphatic rings. The molecule has 4 rings (SSSR count). The number of rotatable bonds is 5. The number of aliphatic hydroxyl groups excluding tert-OH is 2. The smallest absolute Gasteiger partial charge is 0.301 e. The first-order chi connectivity index (χ1) is 13.8. The number of alkyl halides is 2. The maximum atomic E-state index is 14.1. The molecule has 3 atom stereocenters.